The highest BCUT2D eigenvalue weighted by atomic mass is 19.4. The molecule has 0 aromatic carbocycles. The average molecular weight is 421 g/mol. The maximum atomic E-state index is 13.0. The molecular formula is C19H22F3N7O. The summed E-state index contributed by atoms with van der Waals surface area (Å²) in [7, 11) is 0. The van der Waals surface area contributed by atoms with Crippen LogP contribution in [0.1, 0.15) is 48.1 Å². The lowest BCUT2D eigenvalue weighted by atomic mass is 9.94. The third kappa shape index (κ3) is 4.01. The van der Waals surface area contributed by atoms with Crippen molar-refractivity contribution in [1.29, 1.82) is 0 Å². The first-order valence-electron chi connectivity index (χ1n) is 9.80. The Balaban J connectivity index is 1.49. The molecule has 1 fully saturated rings. The lowest BCUT2D eigenvalue weighted by molar-refractivity contribution is -0.144. The number of likely N-dealkylation sites (tertiary alicyclic amines) is 1. The molecule has 1 aliphatic rings. The van der Waals surface area contributed by atoms with Crippen LogP contribution in [0.2, 0.25) is 0 Å². The molecule has 1 amide bonds. The molecule has 1 aliphatic heterocycles. The van der Waals surface area contributed by atoms with Crippen molar-refractivity contribution < 1.29 is 18.0 Å². The van der Waals surface area contributed by atoms with Gasteiger partial charge in [0.2, 0.25) is 5.91 Å². The van der Waals surface area contributed by atoms with Crippen LogP contribution in [0.25, 0.3) is 5.78 Å². The lowest BCUT2D eigenvalue weighted by Gasteiger charge is -2.33. The summed E-state index contributed by atoms with van der Waals surface area (Å²) in [5, 5.41) is 7.99. The van der Waals surface area contributed by atoms with Crippen molar-refractivity contribution in [3.8, 4) is 0 Å². The van der Waals surface area contributed by atoms with Crippen molar-refractivity contribution in [3.05, 3.63) is 41.2 Å². The Kier molecular flexibility index (Phi) is 5.20. The van der Waals surface area contributed by atoms with E-state index in [-0.39, 0.29) is 17.6 Å². The molecule has 4 rings (SSSR count). The van der Waals surface area contributed by atoms with Gasteiger partial charge in [-0.05, 0) is 38.8 Å². The van der Waals surface area contributed by atoms with Gasteiger partial charge in [0, 0.05) is 43.9 Å². The quantitative estimate of drug-likeness (QED) is 0.647. The number of aryl methyl sites for hydroxylation is 3. The number of halogens is 3. The van der Waals surface area contributed by atoms with E-state index in [9.17, 15) is 18.0 Å². The fraction of sp³-hybridized carbons (Fsp3) is 0.526. The summed E-state index contributed by atoms with van der Waals surface area (Å²) < 4.78 is 42.0. The van der Waals surface area contributed by atoms with E-state index in [0.29, 0.717) is 31.7 Å². The van der Waals surface area contributed by atoms with E-state index < -0.39 is 12.0 Å². The molecule has 3 aromatic heterocycles. The van der Waals surface area contributed by atoms with Gasteiger partial charge >= 0.3 is 6.18 Å². The third-order valence-electron chi connectivity index (χ3n) is 5.36. The van der Waals surface area contributed by atoms with E-state index in [4.69, 9.17) is 0 Å². The molecular weight excluding hydrogens is 399 g/mol. The van der Waals surface area contributed by atoms with Crippen molar-refractivity contribution >= 4 is 11.7 Å². The standard InChI is InChI=1S/C19H22F3N7O/c1-12-10-13(2)28(25-12)9-6-16(30)27-8-3-4-14(11-27)15-5-7-23-18-24-17(19(20,21)22)26-29(15)18/h5,7,10,14H,3-4,6,8-9,11H2,1-2H3/t14-/m0/s1. The van der Waals surface area contributed by atoms with Crippen LogP contribution in [0, 0.1) is 13.8 Å². The van der Waals surface area contributed by atoms with Crippen LogP contribution in [0.3, 0.4) is 0 Å². The first-order chi connectivity index (χ1) is 14.2. The van der Waals surface area contributed by atoms with E-state index in [1.54, 1.807) is 11.0 Å². The molecule has 3 aromatic rings. The fourth-order valence-corrected chi connectivity index (χ4v) is 3.95. The van der Waals surface area contributed by atoms with Crippen LogP contribution in [0.4, 0.5) is 13.2 Å². The summed E-state index contributed by atoms with van der Waals surface area (Å²) in [6.45, 7) is 5.41. The van der Waals surface area contributed by atoms with Gasteiger partial charge in [0.1, 0.15) is 0 Å². The average Bonchev–Trinajstić information content (AvgIpc) is 3.28. The first kappa shape index (κ1) is 20.3. The van der Waals surface area contributed by atoms with Crippen molar-refractivity contribution in [2.45, 2.75) is 51.7 Å². The molecule has 11 heteroatoms. The Hall–Kier alpha value is -2.98. The van der Waals surface area contributed by atoms with Gasteiger partial charge in [-0.3, -0.25) is 9.48 Å². The second-order valence-electron chi connectivity index (χ2n) is 7.59. The first-order valence-corrected chi connectivity index (χ1v) is 9.80. The number of carbonyl (C=O) groups is 1. The van der Waals surface area contributed by atoms with Gasteiger partial charge in [-0.25, -0.2) is 9.50 Å². The Labute approximate surface area is 170 Å². The number of hydrogen-bond donors (Lipinski definition) is 0. The number of nitrogens with zero attached hydrogens (tertiary/aromatic N) is 7. The number of fused-ring (bicyclic) bond motifs is 1. The molecule has 0 bridgehead atoms. The Morgan fingerprint density at radius 2 is 2.07 bits per heavy atom. The summed E-state index contributed by atoms with van der Waals surface area (Å²) in [6, 6.07) is 3.61. The minimum Gasteiger partial charge on any atom is -0.342 e. The number of aromatic nitrogens is 6. The summed E-state index contributed by atoms with van der Waals surface area (Å²) in [5.41, 5.74) is 2.49. The highest BCUT2D eigenvalue weighted by Crippen LogP contribution is 2.30. The Bertz CT molecular complexity index is 1070. The molecule has 0 saturated carbocycles. The van der Waals surface area contributed by atoms with Gasteiger partial charge in [-0.1, -0.05) is 0 Å². The summed E-state index contributed by atoms with van der Waals surface area (Å²) in [5.74, 6) is -1.43. The highest BCUT2D eigenvalue weighted by molar-refractivity contribution is 5.76. The van der Waals surface area contributed by atoms with Crippen molar-refractivity contribution in [2.24, 2.45) is 0 Å². The monoisotopic (exact) mass is 421 g/mol. The molecule has 30 heavy (non-hydrogen) atoms. The van der Waals surface area contributed by atoms with E-state index in [1.165, 1.54) is 6.20 Å². The highest BCUT2D eigenvalue weighted by Gasteiger charge is 2.37. The molecule has 1 saturated heterocycles. The van der Waals surface area contributed by atoms with Gasteiger partial charge in [0.25, 0.3) is 11.6 Å². The number of rotatable bonds is 4. The van der Waals surface area contributed by atoms with Crippen LogP contribution in [-0.2, 0) is 17.5 Å². The number of hydrogen-bond acceptors (Lipinski definition) is 5. The lowest BCUT2D eigenvalue weighted by Crippen LogP contribution is -2.40. The van der Waals surface area contributed by atoms with Gasteiger partial charge in [0.15, 0.2) is 0 Å². The summed E-state index contributed by atoms with van der Waals surface area (Å²) >= 11 is 0. The number of carbonyl (C=O) groups excluding carboxylic acids is 1. The van der Waals surface area contributed by atoms with Crippen LogP contribution in [0.5, 0.6) is 0 Å². The second-order valence-corrected chi connectivity index (χ2v) is 7.59. The molecule has 0 unspecified atom stereocenters. The predicted molar refractivity (Wildman–Crippen MR) is 101 cm³/mol. The van der Waals surface area contributed by atoms with Gasteiger partial charge in [-0.15, -0.1) is 5.10 Å². The molecule has 0 aliphatic carbocycles. The molecule has 160 valence electrons. The van der Waals surface area contributed by atoms with Crippen molar-refractivity contribution in [3.63, 3.8) is 0 Å². The van der Waals surface area contributed by atoms with Crippen LogP contribution in [-0.4, -0.2) is 53.3 Å². The van der Waals surface area contributed by atoms with Gasteiger partial charge < -0.3 is 4.90 Å². The van der Waals surface area contributed by atoms with Crippen molar-refractivity contribution in [2.75, 3.05) is 13.1 Å². The topological polar surface area (TPSA) is 81.2 Å². The Morgan fingerprint density at radius 3 is 2.77 bits per heavy atom. The van der Waals surface area contributed by atoms with E-state index in [0.717, 1.165) is 28.7 Å². The number of piperidine rings is 1. The van der Waals surface area contributed by atoms with Gasteiger partial charge in [0.05, 0.1) is 11.4 Å². The van der Waals surface area contributed by atoms with E-state index in [1.807, 2.05) is 24.6 Å². The second kappa shape index (κ2) is 7.69. The zero-order valence-electron chi connectivity index (χ0n) is 16.7. The van der Waals surface area contributed by atoms with Crippen LogP contribution >= 0.6 is 0 Å². The Morgan fingerprint density at radius 1 is 1.27 bits per heavy atom. The largest absolute Gasteiger partial charge is 0.453 e. The molecule has 0 radical (unpaired) electrons. The summed E-state index contributed by atoms with van der Waals surface area (Å²) in [4.78, 5) is 21.9. The molecule has 4 heterocycles. The minimum absolute atomic E-state index is 0.00660. The zero-order chi connectivity index (χ0) is 21.5. The zero-order valence-corrected chi connectivity index (χ0v) is 16.7. The normalized spacial score (nSPS) is 17.6. The molecule has 0 N–H and O–H groups in total. The van der Waals surface area contributed by atoms with Crippen molar-refractivity contribution in [1.82, 2.24) is 34.3 Å². The number of amides is 1. The minimum atomic E-state index is -4.64. The smallest absolute Gasteiger partial charge is 0.342 e. The maximum Gasteiger partial charge on any atom is 0.453 e. The van der Waals surface area contributed by atoms with Crippen LogP contribution < -0.4 is 0 Å². The third-order valence-corrected chi connectivity index (χ3v) is 5.36. The SMILES string of the molecule is Cc1cc(C)n(CCC(=O)N2CCC[C@H](c3ccnc4nc(C(F)(F)F)nn34)C2)n1. The van der Waals surface area contributed by atoms with E-state index in [2.05, 4.69) is 20.2 Å². The number of alkyl halides is 3. The molecule has 0 spiro atoms. The fourth-order valence-electron chi connectivity index (χ4n) is 3.95. The predicted octanol–water partition coefficient (Wildman–Crippen LogP) is 2.75. The molecule has 1 atom stereocenters. The van der Waals surface area contributed by atoms with Gasteiger partial charge in [-0.2, -0.15) is 23.3 Å². The molecule has 8 nitrogen and oxygen atoms in total. The summed E-state index contributed by atoms with van der Waals surface area (Å²) in [6.07, 6.45) is -1.36. The maximum absolute atomic E-state index is 13.0. The van der Waals surface area contributed by atoms with E-state index >= 15 is 0 Å². The van der Waals surface area contributed by atoms with Crippen LogP contribution in [0.15, 0.2) is 18.3 Å².